The molecule has 1 aliphatic rings. The van der Waals surface area contributed by atoms with E-state index in [1.807, 2.05) is 0 Å². The van der Waals surface area contributed by atoms with E-state index in [0.29, 0.717) is 0 Å². The number of esters is 1. The van der Waals surface area contributed by atoms with Gasteiger partial charge in [-0.25, -0.2) is 4.39 Å². The lowest BCUT2D eigenvalue weighted by Crippen LogP contribution is -2.32. The zero-order chi connectivity index (χ0) is 12.1. The van der Waals surface area contributed by atoms with E-state index in [2.05, 4.69) is 5.32 Å². The summed E-state index contributed by atoms with van der Waals surface area (Å²) in [6.45, 7) is 1.97. The van der Waals surface area contributed by atoms with Gasteiger partial charge in [0, 0.05) is 0 Å². The lowest BCUT2D eigenvalue weighted by Gasteiger charge is -2.20. The highest BCUT2D eigenvalue weighted by atomic mass is 35.5. The van der Waals surface area contributed by atoms with E-state index in [-0.39, 0.29) is 36.7 Å². The third-order valence-electron chi connectivity index (χ3n) is 2.97. The largest absolute Gasteiger partial charge is 0.461 e. The summed E-state index contributed by atoms with van der Waals surface area (Å²) in [6.07, 6.45) is 1.67. The number of hydrogen-bond donors (Lipinski definition) is 1. The van der Waals surface area contributed by atoms with Crippen molar-refractivity contribution in [1.29, 1.82) is 0 Å². The summed E-state index contributed by atoms with van der Waals surface area (Å²) in [7, 11) is 0. The van der Waals surface area contributed by atoms with Gasteiger partial charge >= 0.3 is 5.97 Å². The maximum Gasteiger partial charge on any atom is 0.309 e. The van der Waals surface area contributed by atoms with Crippen LogP contribution >= 0.6 is 12.4 Å². The number of hydrogen-bond acceptors (Lipinski definition) is 3. The highest BCUT2D eigenvalue weighted by Crippen LogP contribution is 2.14. The number of carbonyl (C=O) groups excluding carboxylic acids is 1. The monoisotopic (exact) mass is 273 g/mol. The maximum absolute atomic E-state index is 12.7. The van der Waals surface area contributed by atoms with E-state index in [1.165, 1.54) is 12.1 Å². The SMILES string of the molecule is Cl.O=C(OCc1ccc(F)cc1)C1CCNCC1. The fourth-order valence-corrected chi connectivity index (χ4v) is 1.91. The minimum absolute atomic E-state index is 0. The normalized spacial score (nSPS) is 15.8. The van der Waals surface area contributed by atoms with Gasteiger partial charge in [0.15, 0.2) is 0 Å². The van der Waals surface area contributed by atoms with Crippen molar-refractivity contribution in [3.63, 3.8) is 0 Å². The Morgan fingerprint density at radius 1 is 1.28 bits per heavy atom. The van der Waals surface area contributed by atoms with Crippen molar-refractivity contribution in [3.05, 3.63) is 35.6 Å². The average molecular weight is 274 g/mol. The van der Waals surface area contributed by atoms with Gasteiger partial charge in [0.25, 0.3) is 0 Å². The Hall–Kier alpha value is -1.13. The zero-order valence-corrected chi connectivity index (χ0v) is 10.8. The molecule has 0 radical (unpaired) electrons. The molecule has 5 heteroatoms. The van der Waals surface area contributed by atoms with E-state index in [0.717, 1.165) is 31.5 Å². The van der Waals surface area contributed by atoms with Crippen LogP contribution in [0.2, 0.25) is 0 Å². The molecule has 0 saturated carbocycles. The number of halogens is 2. The molecule has 3 nitrogen and oxygen atoms in total. The van der Waals surface area contributed by atoms with Crippen LogP contribution < -0.4 is 5.32 Å². The van der Waals surface area contributed by atoms with Crippen LogP contribution in [0.15, 0.2) is 24.3 Å². The third kappa shape index (κ3) is 4.27. The minimum Gasteiger partial charge on any atom is -0.461 e. The first-order chi connectivity index (χ1) is 8.25. The molecule has 1 aromatic rings. The van der Waals surface area contributed by atoms with E-state index in [1.54, 1.807) is 12.1 Å². The third-order valence-corrected chi connectivity index (χ3v) is 2.97. The Labute approximate surface area is 112 Å². The van der Waals surface area contributed by atoms with Crippen molar-refractivity contribution in [1.82, 2.24) is 5.32 Å². The van der Waals surface area contributed by atoms with Gasteiger partial charge in [0.05, 0.1) is 5.92 Å². The molecule has 0 spiro atoms. The Morgan fingerprint density at radius 3 is 2.50 bits per heavy atom. The quantitative estimate of drug-likeness (QED) is 0.859. The lowest BCUT2D eigenvalue weighted by molar-refractivity contribution is -0.150. The second kappa shape index (κ2) is 7.34. The summed E-state index contributed by atoms with van der Waals surface area (Å²) in [6, 6.07) is 6.00. The summed E-state index contributed by atoms with van der Waals surface area (Å²) < 4.78 is 17.9. The Kier molecular flexibility index (Phi) is 6.09. The molecule has 1 fully saturated rings. The van der Waals surface area contributed by atoms with Gasteiger partial charge in [-0.15, -0.1) is 12.4 Å². The average Bonchev–Trinajstić information content (AvgIpc) is 2.39. The fraction of sp³-hybridized carbons (Fsp3) is 0.462. The number of carbonyl (C=O) groups is 1. The maximum atomic E-state index is 12.7. The van der Waals surface area contributed by atoms with E-state index in [4.69, 9.17) is 4.74 Å². The first-order valence-electron chi connectivity index (χ1n) is 5.87. The van der Waals surface area contributed by atoms with Gasteiger partial charge in [0.1, 0.15) is 12.4 Å². The first-order valence-corrected chi connectivity index (χ1v) is 5.87. The smallest absolute Gasteiger partial charge is 0.309 e. The molecule has 0 aliphatic carbocycles. The van der Waals surface area contributed by atoms with Gasteiger partial charge in [-0.2, -0.15) is 0 Å². The molecule has 0 bridgehead atoms. The van der Waals surface area contributed by atoms with Crippen molar-refractivity contribution in [2.75, 3.05) is 13.1 Å². The van der Waals surface area contributed by atoms with Crippen LogP contribution in [0, 0.1) is 11.7 Å². The van der Waals surface area contributed by atoms with Crippen molar-refractivity contribution in [2.24, 2.45) is 5.92 Å². The molecule has 1 N–H and O–H groups in total. The summed E-state index contributed by atoms with van der Waals surface area (Å²) in [5, 5.41) is 3.20. The molecule has 1 aromatic carbocycles. The van der Waals surface area contributed by atoms with Gasteiger partial charge < -0.3 is 10.1 Å². The van der Waals surface area contributed by atoms with Gasteiger partial charge in [-0.05, 0) is 43.6 Å². The molecule has 1 aliphatic heterocycles. The predicted octanol–water partition coefficient (Wildman–Crippen LogP) is 2.29. The molecule has 0 amide bonds. The molecular formula is C13H17ClFNO2. The van der Waals surface area contributed by atoms with Crippen LogP contribution in [0.3, 0.4) is 0 Å². The van der Waals surface area contributed by atoms with Crippen LogP contribution in [0.5, 0.6) is 0 Å². The van der Waals surface area contributed by atoms with E-state index in [9.17, 15) is 9.18 Å². The second-order valence-electron chi connectivity index (χ2n) is 4.26. The standard InChI is InChI=1S/C13H16FNO2.ClH/c14-12-3-1-10(2-4-12)9-17-13(16)11-5-7-15-8-6-11;/h1-4,11,15H,5-9H2;1H. The fourth-order valence-electron chi connectivity index (χ4n) is 1.91. The highest BCUT2D eigenvalue weighted by molar-refractivity contribution is 5.85. The minimum atomic E-state index is -0.279. The Bertz CT molecular complexity index is 377. The van der Waals surface area contributed by atoms with Gasteiger partial charge in [-0.1, -0.05) is 12.1 Å². The van der Waals surface area contributed by atoms with Crippen molar-refractivity contribution < 1.29 is 13.9 Å². The molecule has 2 rings (SSSR count). The molecule has 1 heterocycles. The lowest BCUT2D eigenvalue weighted by atomic mass is 9.98. The van der Waals surface area contributed by atoms with Crippen molar-refractivity contribution >= 4 is 18.4 Å². The Morgan fingerprint density at radius 2 is 1.89 bits per heavy atom. The van der Waals surface area contributed by atoms with Crippen LogP contribution in [0.25, 0.3) is 0 Å². The number of rotatable bonds is 3. The highest BCUT2D eigenvalue weighted by Gasteiger charge is 2.22. The van der Waals surface area contributed by atoms with Crippen molar-refractivity contribution in [3.8, 4) is 0 Å². The molecule has 0 unspecified atom stereocenters. The zero-order valence-electron chi connectivity index (χ0n) is 10.0. The van der Waals surface area contributed by atoms with Crippen LogP contribution in [-0.4, -0.2) is 19.1 Å². The van der Waals surface area contributed by atoms with Crippen molar-refractivity contribution in [2.45, 2.75) is 19.4 Å². The van der Waals surface area contributed by atoms with E-state index < -0.39 is 0 Å². The summed E-state index contributed by atoms with van der Waals surface area (Å²) >= 11 is 0. The number of benzene rings is 1. The molecule has 0 atom stereocenters. The summed E-state index contributed by atoms with van der Waals surface area (Å²) in [5.41, 5.74) is 0.814. The molecule has 1 saturated heterocycles. The number of ether oxygens (including phenoxy) is 1. The van der Waals surface area contributed by atoms with Crippen LogP contribution in [0.4, 0.5) is 4.39 Å². The van der Waals surface area contributed by atoms with Crippen LogP contribution in [-0.2, 0) is 16.1 Å². The van der Waals surface area contributed by atoms with Gasteiger partial charge in [0.2, 0.25) is 0 Å². The summed E-state index contributed by atoms with van der Waals surface area (Å²) in [4.78, 5) is 11.7. The number of piperidine rings is 1. The first kappa shape index (κ1) is 14.9. The number of nitrogens with one attached hydrogen (secondary N) is 1. The van der Waals surface area contributed by atoms with Crippen LogP contribution in [0.1, 0.15) is 18.4 Å². The second-order valence-corrected chi connectivity index (χ2v) is 4.26. The molecule has 0 aromatic heterocycles. The molecular weight excluding hydrogens is 257 g/mol. The predicted molar refractivity (Wildman–Crippen MR) is 69.0 cm³/mol. The topological polar surface area (TPSA) is 38.3 Å². The Balaban J connectivity index is 0.00000162. The molecule has 18 heavy (non-hydrogen) atoms. The van der Waals surface area contributed by atoms with E-state index >= 15 is 0 Å². The van der Waals surface area contributed by atoms with Gasteiger partial charge in [-0.3, -0.25) is 4.79 Å². The molecule has 100 valence electrons. The summed E-state index contributed by atoms with van der Waals surface area (Å²) in [5.74, 6) is -0.411.